The molecular formula is C27H25ClN8O. The van der Waals surface area contributed by atoms with E-state index in [9.17, 15) is 4.79 Å². The van der Waals surface area contributed by atoms with Crippen molar-refractivity contribution in [2.75, 3.05) is 17.3 Å². The summed E-state index contributed by atoms with van der Waals surface area (Å²) < 4.78 is 0. The molecule has 0 radical (unpaired) electrons. The third kappa shape index (κ3) is 4.31. The summed E-state index contributed by atoms with van der Waals surface area (Å²) in [4.78, 5) is 38.4. The van der Waals surface area contributed by atoms with Crippen LogP contribution in [0.2, 0.25) is 0 Å². The predicted molar refractivity (Wildman–Crippen MR) is 143 cm³/mol. The van der Waals surface area contributed by atoms with Crippen LogP contribution in [0.4, 0.5) is 22.2 Å². The number of urea groups is 1. The van der Waals surface area contributed by atoms with Crippen molar-refractivity contribution in [1.29, 1.82) is 0 Å². The van der Waals surface area contributed by atoms with Crippen LogP contribution in [0.1, 0.15) is 30.3 Å². The van der Waals surface area contributed by atoms with Crippen molar-refractivity contribution in [3.63, 3.8) is 0 Å². The number of imidazole rings is 1. The van der Waals surface area contributed by atoms with Gasteiger partial charge in [0.1, 0.15) is 11.3 Å². The Kier molecular flexibility index (Phi) is 5.64. The number of fused-ring (bicyclic) bond motifs is 2. The number of anilines is 3. The number of hydrogen-bond acceptors (Lipinski definition) is 6. The SMILES string of the molecule is CC1=CCC(=c2nc3c([nH]2)=CC(Cl)=CC3)C=C1N1Cc2cnc(Nc3ccc(C)nc3)nc2N(C)C1=O. The van der Waals surface area contributed by atoms with Crippen molar-refractivity contribution in [3.8, 4) is 0 Å². The number of aryl methyl sites for hydroxylation is 1. The number of aromatic amines is 1. The minimum Gasteiger partial charge on any atom is -0.338 e. The molecule has 2 N–H and O–H groups in total. The lowest BCUT2D eigenvalue weighted by Gasteiger charge is -2.36. The number of nitrogens with one attached hydrogen (secondary N) is 2. The van der Waals surface area contributed by atoms with Gasteiger partial charge in [0.05, 0.1) is 29.5 Å². The van der Waals surface area contributed by atoms with Gasteiger partial charge in [-0.3, -0.25) is 14.8 Å². The number of hydrogen-bond donors (Lipinski definition) is 2. The maximum absolute atomic E-state index is 13.5. The first-order valence-corrected chi connectivity index (χ1v) is 12.4. The second-order valence-corrected chi connectivity index (χ2v) is 9.75. The van der Waals surface area contributed by atoms with Crippen LogP contribution in [-0.4, -0.2) is 42.9 Å². The Morgan fingerprint density at radius 1 is 1.05 bits per heavy atom. The van der Waals surface area contributed by atoms with Gasteiger partial charge in [-0.15, -0.1) is 0 Å². The summed E-state index contributed by atoms with van der Waals surface area (Å²) in [6.07, 6.45) is 12.9. The zero-order valence-electron chi connectivity index (χ0n) is 20.7. The summed E-state index contributed by atoms with van der Waals surface area (Å²) in [5.41, 5.74) is 7.23. The number of carbonyl (C=O) groups is 1. The molecule has 0 saturated carbocycles. The molecule has 0 atom stereocenters. The summed E-state index contributed by atoms with van der Waals surface area (Å²) in [6.45, 7) is 4.32. The average molecular weight is 513 g/mol. The zero-order valence-corrected chi connectivity index (χ0v) is 21.5. The van der Waals surface area contributed by atoms with E-state index in [1.165, 1.54) is 0 Å². The molecule has 10 heteroatoms. The van der Waals surface area contributed by atoms with Gasteiger partial charge >= 0.3 is 6.03 Å². The first kappa shape index (κ1) is 23.2. The molecule has 0 aromatic carbocycles. The fourth-order valence-corrected chi connectivity index (χ4v) is 4.82. The first-order valence-electron chi connectivity index (χ1n) is 12.0. The number of allylic oxidation sites excluding steroid dienone is 5. The molecule has 37 heavy (non-hydrogen) atoms. The highest BCUT2D eigenvalue weighted by Crippen LogP contribution is 2.33. The molecule has 3 aromatic heterocycles. The molecule has 3 aliphatic rings. The molecule has 0 saturated heterocycles. The Bertz CT molecular complexity index is 1650. The molecule has 4 heterocycles. The number of halogens is 1. The van der Waals surface area contributed by atoms with Crippen LogP contribution in [0.5, 0.6) is 0 Å². The van der Waals surface area contributed by atoms with Crippen molar-refractivity contribution in [2.24, 2.45) is 0 Å². The fourth-order valence-electron chi connectivity index (χ4n) is 4.63. The minimum absolute atomic E-state index is 0.155. The van der Waals surface area contributed by atoms with Gasteiger partial charge < -0.3 is 10.3 Å². The van der Waals surface area contributed by atoms with Crippen molar-refractivity contribution >= 4 is 46.7 Å². The van der Waals surface area contributed by atoms with Gasteiger partial charge in [-0.25, -0.2) is 14.8 Å². The van der Waals surface area contributed by atoms with Crippen LogP contribution < -0.4 is 21.0 Å². The van der Waals surface area contributed by atoms with Crippen LogP contribution in [0.15, 0.2) is 59.1 Å². The summed E-state index contributed by atoms with van der Waals surface area (Å²) in [5.74, 6) is 0.994. The summed E-state index contributed by atoms with van der Waals surface area (Å²) in [7, 11) is 1.73. The molecular weight excluding hydrogens is 488 g/mol. The highest BCUT2D eigenvalue weighted by atomic mass is 35.5. The molecule has 186 valence electrons. The molecule has 0 spiro atoms. The summed E-state index contributed by atoms with van der Waals surface area (Å²) in [6, 6.07) is 3.67. The monoisotopic (exact) mass is 512 g/mol. The van der Waals surface area contributed by atoms with E-state index in [4.69, 9.17) is 16.6 Å². The van der Waals surface area contributed by atoms with Gasteiger partial charge in [0.25, 0.3) is 0 Å². The van der Waals surface area contributed by atoms with Crippen molar-refractivity contribution in [1.82, 2.24) is 29.8 Å². The lowest BCUT2D eigenvalue weighted by molar-refractivity contribution is 0.214. The van der Waals surface area contributed by atoms with Gasteiger partial charge in [0.15, 0.2) is 0 Å². The molecule has 2 aliphatic carbocycles. The number of amides is 2. The van der Waals surface area contributed by atoms with Gasteiger partial charge in [0, 0.05) is 47.2 Å². The normalized spacial score (nSPS) is 18.4. The second-order valence-electron chi connectivity index (χ2n) is 9.31. The quantitative estimate of drug-likeness (QED) is 0.556. The van der Waals surface area contributed by atoms with Gasteiger partial charge in [-0.2, -0.15) is 4.98 Å². The van der Waals surface area contributed by atoms with Crippen molar-refractivity contribution in [3.05, 3.63) is 86.8 Å². The number of carbonyl (C=O) groups excluding carboxylic acids is 1. The van der Waals surface area contributed by atoms with E-state index in [0.29, 0.717) is 29.8 Å². The zero-order chi connectivity index (χ0) is 25.7. The molecule has 0 bridgehead atoms. The molecule has 9 nitrogen and oxygen atoms in total. The largest absolute Gasteiger partial charge is 0.338 e. The smallest absolute Gasteiger partial charge is 0.330 e. The van der Waals surface area contributed by atoms with Gasteiger partial charge in [-0.05, 0) is 50.1 Å². The van der Waals surface area contributed by atoms with E-state index in [1.807, 2.05) is 44.2 Å². The molecule has 3 aromatic rings. The number of H-pyrrole nitrogens is 1. The Morgan fingerprint density at radius 3 is 2.73 bits per heavy atom. The highest BCUT2D eigenvalue weighted by Gasteiger charge is 2.33. The second kappa shape index (κ2) is 9.01. The standard InChI is InChI=1S/C27H25ClN8O/c1-15-4-6-17(24-32-21-9-7-19(28)11-22(21)33-24)10-23(15)36-14-18-12-30-26(34-25(18)35(3)27(36)37)31-20-8-5-16(2)29-13-20/h4-5,7-8,10-13,33H,6,9,14H2,1-3H3,(H,30,31,34). The van der Waals surface area contributed by atoms with Crippen molar-refractivity contribution < 1.29 is 4.79 Å². The third-order valence-electron chi connectivity index (χ3n) is 6.69. The van der Waals surface area contributed by atoms with Crippen LogP contribution >= 0.6 is 11.6 Å². The van der Waals surface area contributed by atoms with E-state index < -0.39 is 0 Å². The Hall–Kier alpha value is -4.24. The van der Waals surface area contributed by atoms with E-state index >= 15 is 0 Å². The van der Waals surface area contributed by atoms with Crippen LogP contribution in [0, 0.1) is 6.92 Å². The Balaban J connectivity index is 1.32. The van der Waals surface area contributed by atoms with E-state index in [1.54, 1.807) is 29.2 Å². The van der Waals surface area contributed by atoms with Crippen LogP contribution in [-0.2, 0) is 13.0 Å². The minimum atomic E-state index is -0.155. The van der Waals surface area contributed by atoms with E-state index in [0.717, 1.165) is 56.7 Å². The molecule has 2 amide bonds. The predicted octanol–water partition coefficient (Wildman–Crippen LogP) is 3.56. The number of pyridine rings is 1. The summed E-state index contributed by atoms with van der Waals surface area (Å²) in [5, 5.41) is 4.80. The lowest BCUT2D eigenvalue weighted by atomic mass is 9.99. The molecule has 0 unspecified atom stereocenters. The first-order chi connectivity index (χ1) is 17.9. The van der Waals surface area contributed by atoms with Crippen LogP contribution in [0.25, 0.3) is 11.6 Å². The Labute approximate surface area is 218 Å². The molecule has 1 aliphatic heterocycles. The van der Waals surface area contributed by atoms with Crippen LogP contribution in [0.3, 0.4) is 0 Å². The topological polar surface area (TPSA) is 103 Å². The average Bonchev–Trinajstić information content (AvgIpc) is 3.31. The maximum Gasteiger partial charge on any atom is 0.330 e. The number of nitrogens with zero attached hydrogens (tertiary/aromatic N) is 6. The number of aromatic nitrogens is 5. The third-order valence-corrected chi connectivity index (χ3v) is 6.96. The Morgan fingerprint density at radius 2 is 1.92 bits per heavy atom. The number of rotatable bonds is 3. The lowest BCUT2D eigenvalue weighted by Crippen LogP contribution is -2.45. The molecule has 6 rings (SSSR count). The fraction of sp³-hybridized carbons (Fsp3) is 0.222. The maximum atomic E-state index is 13.5. The van der Waals surface area contributed by atoms with Gasteiger partial charge in [-0.1, -0.05) is 23.8 Å². The molecule has 0 fully saturated rings. The van der Waals surface area contributed by atoms with Crippen molar-refractivity contribution in [2.45, 2.75) is 33.2 Å². The van der Waals surface area contributed by atoms with E-state index in [2.05, 4.69) is 31.3 Å². The van der Waals surface area contributed by atoms with E-state index in [-0.39, 0.29) is 6.03 Å². The highest BCUT2D eigenvalue weighted by molar-refractivity contribution is 6.34. The van der Waals surface area contributed by atoms with Gasteiger partial charge in [0.2, 0.25) is 5.95 Å². The summed E-state index contributed by atoms with van der Waals surface area (Å²) >= 11 is 6.17.